The molecule has 1 aromatic carbocycles. The zero-order chi connectivity index (χ0) is 9.26. The lowest BCUT2D eigenvalue weighted by molar-refractivity contribution is 1.36. The Morgan fingerprint density at radius 3 is 2.69 bits per heavy atom. The largest absolute Gasteiger partial charge is 0.361 e. The van der Waals surface area contributed by atoms with Gasteiger partial charge in [-0.2, -0.15) is 0 Å². The molecule has 2 heteroatoms. The van der Waals surface area contributed by atoms with Gasteiger partial charge < -0.3 is 4.98 Å². The summed E-state index contributed by atoms with van der Waals surface area (Å²) in [6, 6.07) is 10.4. The summed E-state index contributed by atoms with van der Waals surface area (Å²) >= 11 is 3.45. The Bertz CT molecular complexity index is 404. The predicted octanol–water partition coefficient (Wildman–Crippen LogP) is 3.75. The predicted molar refractivity (Wildman–Crippen MR) is 58.7 cm³/mol. The minimum absolute atomic E-state index is 1.13. The Morgan fingerprint density at radius 2 is 2.08 bits per heavy atom. The number of nitrogens with one attached hydrogen (secondary N) is 1. The van der Waals surface area contributed by atoms with Crippen LogP contribution in [0.3, 0.4) is 0 Å². The van der Waals surface area contributed by atoms with Crippen molar-refractivity contribution in [3.63, 3.8) is 0 Å². The van der Waals surface area contributed by atoms with E-state index in [9.17, 15) is 0 Å². The maximum atomic E-state index is 3.45. The zero-order valence-electron chi connectivity index (χ0n) is 7.34. The second-order valence-electron chi connectivity index (χ2n) is 3.04. The van der Waals surface area contributed by atoms with E-state index in [2.05, 4.69) is 52.1 Å². The fourth-order valence-corrected chi connectivity index (χ4v) is 1.90. The Hall–Kier alpha value is -1.02. The number of halogens is 1. The van der Waals surface area contributed by atoms with Gasteiger partial charge in [0.15, 0.2) is 0 Å². The van der Waals surface area contributed by atoms with E-state index in [4.69, 9.17) is 0 Å². The van der Waals surface area contributed by atoms with Gasteiger partial charge in [0.1, 0.15) is 0 Å². The summed E-state index contributed by atoms with van der Waals surface area (Å²) in [6.07, 6.45) is 1.94. The fourth-order valence-electron chi connectivity index (χ4n) is 1.43. The molecule has 2 aromatic rings. The SMILES string of the molecule is Cc1cc(Br)ccc1-c1ccc[nH]1. The molecule has 0 atom stereocenters. The molecule has 0 saturated heterocycles. The Labute approximate surface area is 85.9 Å². The number of hydrogen-bond donors (Lipinski definition) is 1. The van der Waals surface area contributed by atoms with Gasteiger partial charge in [-0.05, 0) is 36.8 Å². The van der Waals surface area contributed by atoms with E-state index in [1.165, 1.54) is 16.8 Å². The first kappa shape index (κ1) is 8.57. The van der Waals surface area contributed by atoms with Crippen LogP contribution < -0.4 is 0 Å². The first-order valence-electron chi connectivity index (χ1n) is 4.17. The number of hydrogen-bond acceptors (Lipinski definition) is 0. The van der Waals surface area contributed by atoms with Gasteiger partial charge in [0, 0.05) is 21.9 Å². The third kappa shape index (κ3) is 1.68. The van der Waals surface area contributed by atoms with E-state index >= 15 is 0 Å². The minimum atomic E-state index is 1.13. The molecule has 1 aromatic heterocycles. The highest BCUT2D eigenvalue weighted by molar-refractivity contribution is 9.10. The average Bonchev–Trinajstić information content (AvgIpc) is 2.56. The first-order valence-corrected chi connectivity index (χ1v) is 4.96. The van der Waals surface area contributed by atoms with Crippen LogP contribution >= 0.6 is 15.9 Å². The van der Waals surface area contributed by atoms with E-state index in [1.807, 2.05) is 12.3 Å². The third-order valence-corrected chi connectivity index (χ3v) is 2.57. The molecule has 2 rings (SSSR count). The van der Waals surface area contributed by atoms with Crippen molar-refractivity contribution in [1.82, 2.24) is 4.98 Å². The Morgan fingerprint density at radius 1 is 1.23 bits per heavy atom. The maximum absolute atomic E-state index is 3.45. The fraction of sp³-hybridized carbons (Fsp3) is 0.0909. The highest BCUT2D eigenvalue weighted by Crippen LogP contribution is 2.24. The summed E-state index contributed by atoms with van der Waals surface area (Å²) in [7, 11) is 0. The molecule has 0 radical (unpaired) electrons. The third-order valence-electron chi connectivity index (χ3n) is 2.08. The normalized spacial score (nSPS) is 10.3. The van der Waals surface area contributed by atoms with Crippen LogP contribution in [0, 0.1) is 6.92 Å². The molecular weight excluding hydrogens is 226 g/mol. The number of rotatable bonds is 1. The summed E-state index contributed by atoms with van der Waals surface area (Å²) in [4.78, 5) is 3.20. The summed E-state index contributed by atoms with van der Waals surface area (Å²) < 4.78 is 1.13. The molecule has 13 heavy (non-hydrogen) atoms. The van der Waals surface area contributed by atoms with Crippen LogP contribution in [-0.4, -0.2) is 4.98 Å². The van der Waals surface area contributed by atoms with Gasteiger partial charge in [-0.25, -0.2) is 0 Å². The molecule has 1 nitrogen and oxygen atoms in total. The van der Waals surface area contributed by atoms with Crippen molar-refractivity contribution < 1.29 is 0 Å². The van der Waals surface area contributed by atoms with Crippen LogP contribution in [0.4, 0.5) is 0 Å². The van der Waals surface area contributed by atoms with Gasteiger partial charge in [-0.3, -0.25) is 0 Å². The molecule has 0 fully saturated rings. The smallest absolute Gasteiger partial charge is 0.0456 e. The van der Waals surface area contributed by atoms with Gasteiger partial charge in [-0.15, -0.1) is 0 Å². The zero-order valence-corrected chi connectivity index (χ0v) is 8.93. The van der Waals surface area contributed by atoms with Gasteiger partial charge in [0.05, 0.1) is 0 Å². The molecule has 0 aliphatic heterocycles. The van der Waals surface area contributed by atoms with Gasteiger partial charge >= 0.3 is 0 Å². The lowest BCUT2D eigenvalue weighted by Crippen LogP contribution is -1.82. The topological polar surface area (TPSA) is 15.8 Å². The number of benzene rings is 1. The maximum Gasteiger partial charge on any atom is 0.0456 e. The summed E-state index contributed by atoms with van der Waals surface area (Å²) in [5.41, 5.74) is 3.70. The van der Waals surface area contributed by atoms with Crippen LogP contribution in [0.2, 0.25) is 0 Å². The molecule has 0 saturated carbocycles. The van der Waals surface area contributed by atoms with Gasteiger partial charge in [-0.1, -0.05) is 22.0 Å². The van der Waals surface area contributed by atoms with E-state index in [1.54, 1.807) is 0 Å². The monoisotopic (exact) mass is 235 g/mol. The average molecular weight is 236 g/mol. The van der Waals surface area contributed by atoms with Crippen molar-refractivity contribution in [3.8, 4) is 11.3 Å². The lowest BCUT2D eigenvalue weighted by Gasteiger charge is -2.03. The molecule has 0 bridgehead atoms. The molecule has 0 aliphatic rings. The number of aryl methyl sites for hydroxylation is 1. The molecule has 1 N–H and O–H groups in total. The second kappa shape index (κ2) is 3.38. The quantitative estimate of drug-likeness (QED) is 0.776. The molecule has 1 heterocycles. The van der Waals surface area contributed by atoms with Crippen LogP contribution in [0.1, 0.15) is 5.56 Å². The highest BCUT2D eigenvalue weighted by Gasteiger charge is 2.01. The van der Waals surface area contributed by atoms with Crippen LogP contribution in [0.25, 0.3) is 11.3 Å². The van der Waals surface area contributed by atoms with Crippen molar-refractivity contribution in [3.05, 3.63) is 46.6 Å². The van der Waals surface area contributed by atoms with Crippen LogP contribution in [0.15, 0.2) is 41.0 Å². The van der Waals surface area contributed by atoms with Crippen molar-refractivity contribution in [2.45, 2.75) is 6.92 Å². The lowest BCUT2D eigenvalue weighted by atomic mass is 10.1. The van der Waals surface area contributed by atoms with Crippen molar-refractivity contribution >= 4 is 15.9 Å². The summed E-state index contributed by atoms with van der Waals surface area (Å²) in [6.45, 7) is 2.11. The molecule has 0 spiro atoms. The number of aromatic nitrogens is 1. The van der Waals surface area contributed by atoms with E-state index in [-0.39, 0.29) is 0 Å². The number of H-pyrrole nitrogens is 1. The van der Waals surface area contributed by atoms with E-state index in [0.29, 0.717) is 0 Å². The van der Waals surface area contributed by atoms with Gasteiger partial charge in [0.25, 0.3) is 0 Å². The van der Waals surface area contributed by atoms with Crippen molar-refractivity contribution in [1.29, 1.82) is 0 Å². The highest BCUT2D eigenvalue weighted by atomic mass is 79.9. The molecule has 0 amide bonds. The molecular formula is C11H10BrN. The van der Waals surface area contributed by atoms with E-state index in [0.717, 1.165) is 4.47 Å². The van der Waals surface area contributed by atoms with Gasteiger partial charge in [0.2, 0.25) is 0 Å². The molecule has 66 valence electrons. The second-order valence-corrected chi connectivity index (χ2v) is 3.96. The summed E-state index contributed by atoms with van der Waals surface area (Å²) in [5, 5.41) is 0. The number of aromatic amines is 1. The first-order chi connectivity index (χ1) is 6.27. The molecule has 0 aliphatic carbocycles. The van der Waals surface area contributed by atoms with Crippen LogP contribution in [0.5, 0.6) is 0 Å². The van der Waals surface area contributed by atoms with E-state index < -0.39 is 0 Å². The summed E-state index contributed by atoms with van der Waals surface area (Å²) in [5.74, 6) is 0. The van der Waals surface area contributed by atoms with Crippen molar-refractivity contribution in [2.75, 3.05) is 0 Å². The molecule has 0 unspecified atom stereocenters. The standard InChI is InChI=1S/C11H10BrN/c1-8-7-9(12)4-5-10(8)11-3-2-6-13-11/h2-7,13H,1H3. The minimum Gasteiger partial charge on any atom is -0.361 e. The Kier molecular flexibility index (Phi) is 2.23. The Balaban J connectivity index is 2.53. The van der Waals surface area contributed by atoms with Crippen LogP contribution in [-0.2, 0) is 0 Å². The van der Waals surface area contributed by atoms with Crippen molar-refractivity contribution in [2.24, 2.45) is 0 Å².